The Morgan fingerprint density at radius 2 is 1.84 bits per heavy atom. The molecule has 2 rings (SSSR count). The van der Waals surface area contributed by atoms with E-state index in [1.807, 2.05) is 24.3 Å². The van der Waals surface area contributed by atoms with E-state index < -0.39 is 11.9 Å². The lowest BCUT2D eigenvalue weighted by molar-refractivity contribution is -0.141. The van der Waals surface area contributed by atoms with Crippen molar-refractivity contribution in [2.45, 2.75) is 12.7 Å². The number of aromatic nitrogens is 1. The maximum absolute atomic E-state index is 12.3. The van der Waals surface area contributed by atoms with Crippen LogP contribution in [0.2, 0.25) is 0 Å². The van der Waals surface area contributed by atoms with Gasteiger partial charge in [0.2, 0.25) is 0 Å². The minimum Gasteiger partial charge on any atom is -0.380 e. The molecule has 1 aromatic heterocycles. The maximum atomic E-state index is 12.3. The van der Waals surface area contributed by atoms with E-state index >= 15 is 0 Å². The largest absolute Gasteiger partial charge is 0.433 e. The van der Waals surface area contributed by atoms with Gasteiger partial charge in [-0.25, -0.2) is 4.98 Å². The third-order valence-electron chi connectivity index (χ3n) is 2.49. The van der Waals surface area contributed by atoms with E-state index in [0.717, 1.165) is 16.1 Å². The molecule has 19 heavy (non-hydrogen) atoms. The van der Waals surface area contributed by atoms with Gasteiger partial charge in [0.25, 0.3) is 0 Å². The second-order valence-electron chi connectivity index (χ2n) is 3.87. The molecule has 0 spiro atoms. The van der Waals surface area contributed by atoms with Crippen LogP contribution < -0.4 is 5.32 Å². The molecule has 100 valence electrons. The molecule has 1 heterocycles. The first kappa shape index (κ1) is 13.9. The highest BCUT2D eigenvalue weighted by atomic mass is 79.9. The number of hydrogen-bond acceptors (Lipinski definition) is 2. The molecule has 1 aromatic carbocycles. The topological polar surface area (TPSA) is 24.9 Å². The fourth-order valence-corrected chi connectivity index (χ4v) is 1.93. The standard InChI is InChI=1S/C13H10BrF3N2/c14-11-4-2-1-3-9(11)7-18-10-5-6-12(19-8-10)13(15,16)17/h1-6,8,18H,7H2. The van der Waals surface area contributed by atoms with Crippen LogP contribution in [0.1, 0.15) is 11.3 Å². The first-order chi connectivity index (χ1) is 8.97. The molecule has 2 nitrogen and oxygen atoms in total. The number of benzene rings is 1. The van der Waals surface area contributed by atoms with Crippen LogP contribution in [0.15, 0.2) is 47.1 Å². The molecular weight excluding hydrogens is 321 g/mol. The number of rotatable bonds is 3. The van der Waals surface area contributed by atoms with E-state index in [0.29, 0.717) is 12.2 Å². The fraction of sp³-hybridized carbons (Fsp3) is 0.154. The number of nitrogens with one attached hydrogen (secondary N) is 1. The van der Waals surface area contributed by atoms with Crippen LogP contribution in [0.4, 0.5) is 18.9 Å². The molecule has 1 N–H and O–H groups in total. The van der Waals surface area contributed by atoms with Crippen LogP contribution >= 0.6 is 15.9 Å². The summed E-state index contributed by atoms with van der Waals surface area (Å²) in [5.74, 6) is 0. The number of anilines is 1. The third kappa shape index (κ3) is 3.70. The zero-order chi connectivity index (χ0) is 13.9. The average Bonchev–Trinajstić information content (AvgIpc) is 2.37. The van der Waals surface area contributed by atoms with E-state index in [-0.39, 0.29) is 0 Å². The Kier molecular flexibility index (Phi) is 4.09. The molecule has 6 heteroatoms. The molecule has 0 atom stereocenters. The van der Waals surface area contributed by atoms with Gasteiger partial charge in [0.1, 0.15) is 5.69 Å². The Balaban J connectivity index is 2.03. The van der Waals surface area contributed by atoms with E-state index in [9.17, 15) is 13.2 Å². The highest BCUT2D eigenvalue weighted by Gasteiger charge is 2.31. The Morgan fingerprint density at radius 3 is 2.42 bits per heavy atom. The SMILES string of the molecule is FC(F)(F)c1ccc(NCc2ccccc2Br)cn1. The lowest BCUT2D eigenvalue weighted by Crippen LogP contribution is -2.08. The van der Waals surface area contributed by atoms with Gasteiger partial charge < -0.3 is 5.32 Å². The summed E-state index contributed by atoms with van der Waals surface area (Å²) >= 11 is 3.40. The zero-order valence-electron chi connectivity index (χ0n) is 9.71. The molecule has 0 aliphatic rings. The van der Waals surface area contributed by atoms with Crippen molar-refractivity contribution in [2.75, 3.05) is 5.32 Å². The Hall–Kier alpha value is -1.56. The van der Waals surface area contributed by atoms with E-state index in [1.54, 1.807) is 0 Å². The smallest absolute Gasteiger partial charge is 0.380 e. The van der Waals surface area contributed by atoms with Gasteiger partial charge in [0.15, 0.2) is 0 Å². The molecule has 0 unspecified atom stereocenters. The monoisotopic (exact) mass is 330 g/mol. The van der Waals surface area contributed by atoms with Crippen LogP contribution in [0.3, 0.4) is 0 Å². The van der Waals surface area contributed by atoms with Crippen LogP contribution in [-0.4, -0.2) is 4.98 Å². The lowest BCUT2D eigenvalue weighted by Gasteiger charge is -2.09. The normalized spacial score (nSPS) is 11.4. The number of hydrogen-bond donors (Lipinski definition) is 1. The highest BCUT2D eigenvalue weighted by Crippen LogP contribution is 2.28. The van der Waals surface area contributed by atoms with Gasteiger partial charge in [-0.2, -0.15) is 13.2 Å². The average molecular weight is 331 g/mol. The van der Waals surface area contributed by atoms with Crippen molar-refractivity contribution in [1.29, 1.82) is 0 Å². The van der Waals surface area contributed by atoms with Gasteiger partial charge in [-0.3, -0.25) is 0 Å². The molecule has 0 bridgehead atoms. The van der Waals surface area contributed by atoms with Crippen molar-refractivity contribution < 1.29 is 13.2 Å². The quantitative estimate of drug-likeness (QED) is 0.897. The Morgan fingerprint density at radius 1 is 1.11 bits per heavy atom. The predicted octanol–water partition coefficient (Wildman–Crippen LogP) is 4.48. The van der Waals surface area contributed by atoms with E-state index in [1.165, 1.54) is 12.3 Å². The number of nitrogens with zero attached hydrogens (tertiary/aromatic N) is 1. The fourth-order valence-electron chi connectivity index (χ4n) is 1.51. The van der Waals surface area contributed by atoms with Gasteiger partial charge in [0, 0.05) is 11.0 Å². The van der Waals surface area contributed by atoms with Crippen LogP contribution in [0.5, 0.6) is 0 Å². The number of alkyl halides is 3. The van der Waals surface area contributed by atoms with Crippen molar-refractivity contribution in [3.8, 4) is 0 Å². The summed E-state index contributed by atoms with van der Waals surface area (Å²) in [4.78, 5) is 3.39. The molecular formula is C13H10BrF3N2. The number of pyridine rings is 1. The van der Waals surface area contributed by atoms with Crippen molar-refractivity contribution >= 4 is 21.6 Å². The lowest BCUT2D eigenvalue weighted by atomic mass is 10.2. The van der Waals surface area contributed by atoms with Gasteiger partial charge in [-0.15, -0.1) is 0 Å². The zero-order valence-corrected chi connectivity index (χ0v) is 11.3. The summed E-state index contributed by atoms with van der Waals surface area (Å²) in [6.45, 7) is 0.508. The molecule has 0 saturated carbocycles. The van der Waals surface area contributed by atoms with E-state index in [4.69, 9.17) is 0 Å². The van der Waals surface area contributed by atoms with Gasteiger partial charge in [-0.1, -0.05) is 34.1 Å². The second kappa shape index (κ2) is 5.61. The molecule has 0 amide bonds. The van der Waals surface area contributed by atoms with Crippen LogP contribution in [0.25, 0.3) is 0 Å². The summed E-state index contributed by atoms with van der Waals surface area (Å²) in [6, 6.07) is 9.95. The molecule has 0 aliphatic carbocycles. The summed E-state index contributed by atoms with van der Waals surface area (Å²) in [6.07, 6.45) is -3.22. The van der Waals surface area contributed by atoms with Crippen LogP contribution in [0, 0.1) is 0 Å². The van der Waals surface area contributed by atoms with Crippen molar-refractivity contribution in [3.63, 3.8) is 0 Å². The van der Waals surface area contributed by atoms with Crippen molar-refractivity contribution in [2.24, 2.45) is 0 Å². The van der Waals surface area contributed by atoms with Crippen molar-refractivity contribution in [1.82, 2.24) is 4.98 Å². The summed E-state index contributed by atoms with van der Waals surface area (Å²) < 4.78 is 37.9. The minimum atomic E-state index is -4.40. The third-order valence-corrected chi connectivity index (χ3v) is 3.27. The maximum Gasteiger partial charge on any atom is 0.433 e. The Bertz CT molecular complexity index is 553. The molecule has 0 saturated heterocycles. The molecule has 0 radical (unpaired) electrons. The first-order valence-corrected chi connectivity index (χ1v) is 6.26. The highest BCUT2D eigenvalue weighted by molar-refractivity contribution is 9.10. The molecule has 0 aliphatic heterocycles. The van der Waals surface area contributed by atoms with Gasteiger partial charge in [0.05, 0.1) is 11.9 Å². The summed E-state index contributed by atoms with van der Waals surface area (Å²) in [5.41, 5.74) is 0.671. The predicted molar refractivity (Wildman–Crippen MR) is 70.7 cm³/mol. The second-order valence-corrected chi connectivity index (χ2v) is 4.73. The first-order valence-electron chi connectivity index (χ1n) is 5.47. The summed E-state index contributed by atoms with van der Waals surface area (Å²) in [7, 11) is 0. The van der Waals surface area contributed by atoms with Crippen molar-refractivity contribution in [3.05, 3.63) is 58.3 Å². The van der Waals surface area contributed by atoms with Gasteiger partial charge >= 0.3 is 6.18 Å². The Labute approximate surface area is 116 Å². The van der Waals surface area contributed by atoms with Crippen LogP contribution in [-0.2, 0) is 12.7 Å². The van der Waals surface area contributed by atoms with E-state index in [2.05, 4.69) is 26.2 Å². The summed E-state index contributed by atoms with van der Waals surface area (Å²) in [5, 5.41) is 3.02. The molecule has 0 fully saturated rings. The molecule has 2 aromatic rings. The van der Waals surface area contributed by atoms with Gasteiger partial charge in [-0.05, 0) is 23.8 Å². The minimum absolute atomic E-state index is 0.508. The number of halogens is 4.